The molecule has 1 aliphatic carbocycles. The molecule has 166 valence electrons. The Bertz CT molecular complexity index is 782. The van der Waals surface area contributed by atoms with E-state index in [4.69, 9.17) is 4.74 Å². The second-order valence-electron chi connectivity index (χ2n) is 9.76. The van der Waals surface area contributed by atoms with Gasteiger partial charge in [0.15, 0.2) is 5.78 Å². The van der Waals surface area contributed by atoms with Gasteiger partial charge in [0, 0.05) is 30.7 Å². The molecule has 6 atom stereocenters. The molecule has 6 heteroatoms. The summed E-state index contributed by atoms with van der Waals surface area (Å²) in [6.07, 6.45) is 4.35. The average molecular weight is 418 g/mol. The van der Waals surface area contributed by atoms with E-state index in [-0.39, 0.29) is 54.7 Å². The van der Waals surface area contributed by atoms with Crippen LogP contribution in [0.3, 0.4) is 0 Å². The fraction of sp³-hybridized carbons (Fsp3) is 0.708. The summed E-state index contributed by atoms with van der Waals surface area (Å²) in [5, 5.41) is 13.2. The highest BCUT2D eigenvalue weighted by molar-refractivity contribution is 5.92. The molecule has 6 nitrogen and oxygen atoms in total. The van der Waals surface area contributed by atoms with Crippen LogP contribution in [0.25, 0.3) is 0 Å². The van der Waals surface area contributed by atoms with E-state index in [0.29, 0.717) is 12.3 Å². The number of rotatable bonds is 2. The van der Waals surface area contributed by atoms with Crippen LogP contribution in [0.15, 0.2) is 23.3 Å². The van der Waals surface area contributed by atoms with Crippen LogP contribution in [0.2, 0.25) is 0 Å². The first kappa shape index (κ1) is 22.7. The topological polar surface area (TPSA) is 92.7 Å². The number of ketones is 1. The molecule has 1 fully saturated rings. The number of amides is 1. The first-order chi connectivity index (χ1) is 14.1. The number of Topliss-reactive ketones (excluding diaryl/α,β-unsaturated/α-hetero) is 1. The summed E-state index contributed by atoms with van der Waals surface area (Å²) in [6, 6.07) is -0.0692. The van der Waals surface area contributed by atoms with Gasteiger partial charge in [-0.25, -0.2) is 0 Å². The number of carbonyl (C=O) groups is 3. The zero-order chi connectivity index (χ0) is 22.2. The van der Waals surface area contributed by atoms with Gasteiger partial charge in [-0.3, -0.25) is 14.4 Å². The summed E-state index contributed by atoms with van der Waals surface area (Å²) in [6.45, 7) is 10.4. The third-order valence-electron chi connectivity index (χ3n) is 7.03. The van der Waals surface area contributed by atoms with Crippen LogP contribution < -0.4 is 5.32 Å². The highest BCUT2D eigenvalue weighted by Crippen LogP contribution is 2.51. The molecule has 2 heterocycles. The van der Waals surface area contributed by atoms with Crippen molar-refractivity contribution in [2.75, 3.05) is 0 Å². The average Bonchev–Trinajstić information content (AvgIpc) is 2.93. The van der Waals surface area contributed by atoms with Crippen LogP contribution in [-0.2, 0) is 19.1 Å². The Morgan fingerprint density at radius 3 is 2.53 bits per heavy atom. The van der Waals surface area contributed by atoms with Gasteiger partial charge in [0.25, 0.3) is 5.91 Å². The summed E-state index contributed by atoms with van der Waals surface area (Å²) in [5.41, 5.74) is 0.851. The third kappa shape index (κ3) is 4.11. The minimum atomic E-state index is -1.29. The Hall–Kier alpha value is -1.95. The fourth-order valence-corrected chi connectivity index (χ4v) is 5.36. The lowest BCUT2D eigenvalue weighted by Gasteiger charge is -2.45. The summed E-state index contributed by atoms with van der Waals surface area (Å²) in [4.78, 5) is 38.4. The van der Waals surface area contributed by atoms with Gasteiger partial charge in [-0.1, -0.05) is 44.1 Å². The fourth-order valence-electron chi connectivity index (χ4n) is 5.36. The van der Waals surface area contributed by atoms with E-state index in [1.165, 1.54) is 5.57 Å². The molecule has 0 saturated carbocycles. The number of aliphatic hydroxyl groups excluding tert-OH is 1. The Balaban J connectivity index is 2.11. The van der Waals surface area contributed by atoms with E-state index in [1.807, 2.05) is 13.0 Å². The molecule has 1 amide bonds. The molecule has 0 bridgehead atoms. The van der Waals surface area contributed by atoms with E-state index < -0.39 is 17.7 Å². The minimum Gasteiger partial charge on any atom is -0.448 e. The van der Waals surface area contributed by atoms with Crippen LogP contribution in [0, 0.1) is 23.7 Å². The maximum atomic E-state index is 13.4. The van der Waals surface area contributed by atoms with E-state index in [2.05, 4.69) is 39.1 Å². The van der Waals surface area contributed by atoms with Crippen LogP contribution in [0.1, 0.15) is 66.7 Å². The second kappa shape index (κ2) is 8.66. The molecule has 2 aliphatic heterocycles. The van der Waals surface area contributed by atoms with Crippen molar-refractivity contribution in [1.82, 2.24) is 5.32 Å². The SMILES string of the molecule is CC1=CC2/C=C(\C)CCC(=O)C(O)CCC(=O)OC23C(=O)NC(CC(C)C)C3C1C. The molecule has 0 aromatic carbocycles. The quantitative estimate of drug-likeness (QED) is 0.532. The smallest absolute Gasteiger partial charge is 0.307 e. The lowest BCUT2D eigenvalue weighted by molar-refractivity contribution is -0.177. The minimum absolute atomic E-state index is 0.0211. The van der Waals surface area contributed by atoms with Gasteiger partial charge in [0.1, 0.15) is 6.10 Å². The number of ether oxygens (including phenoxy) is 1. The molecule has 1 saturated heterocycles. The molecule has 30 heavy (non-hydrogen) atoms. The Morgan fingerprint density at radius 1 is 1.17 bits per heavy atom. The van der Waals surface area contributed by atoms with Gasteiger partial charge in [0.2, 0.25) is 5.60 Å². The number of hydrogen-bond donors (Lipinski definition) is 2. The summed E-state index contributed by atoms with van der Waals surface area (Å²) < 4.78 is 6.05. The Morgan fingerprint density at radius 2 is 1.87 bits per heavy atom. The van der Waals surface area contributed by atoms with Gasteiger partial charge >= 0.3 is 5.97 Å². The second-order valence-corrected chi connectivity index (χ2v) is 9.76. The van der Waals surface area contributed by atoms with Crippen LogP contribution in [0.4, 0.5) is 0 Å². The Kier molecular flexibility index (Phi) is 6.56. The predicted octanol–water partition coefficient (Wildman–Crippen LogP) is 3.09. The van der Waals surface area contributed by atoms with Crippen molar-refractivity contribution in [3.63, 3.8) is 0 Å². The summed E-state index contributed by atoms with van der Waals surface area (Å²) in [5.74, 6) is -1.09. The zero-order valence-corrected chi connectivity index (χ0v) is 18.7. The molecule has 1 spiro atoms. The van der Waals surface area contributed by atoms with Crippen LogP contribution >= 0.6 is 0 Å². The molecule has 3 rings (SSSR count). The van der Waals surface area contributed by atoms with Gasteiger partial charge in [-0.05, 0) is 44.9 Å². The first-order valence-electron chi connectivity index (χ1n) is 11.2. The molecule has 2 N–H and O–H groups in total. The number of hydrogen-bond acceptors (Lipinski definition) is 5. The normalized spacial score (nSPS) is 39.6. The van der Waals surface area contributed by atoms with Crippen molar-refractivity contribution in [3.05, 3.63) is 23.3 Å². The van der Waals surface area contributed by atoms with Gasteiger partial charge in [0.05, 0.1) is 0 Å². The molecular formula is C24H35NO5. The van der Waals surface area contributed by atoms with Crippen molar-refractivity contribution in [1.29, 1.82) is 0 Å². The van der Waals surface area contributed by atoms with Crippen LogP contribution in [-0.4, -0.2) is 40.5 Å². The van der Waals surface area contributed by atoms with Crippen molar-refractivity contribution in [3.8, 4) is 0 Å². The molecule has 0 aromatic rings. The third-order valence-corrected chi connectivity index (χ3v) is 7.03. The maximum Gasteiger partial charge on any atom is 0.307 e. The largest absolute Gasteiger partial charge is 0.448 e. The number of aliphatic hydroxyl groups is 1. The lowest BCUT2D eigenvalue weighted by Crippen LogP contribution is -2.56. The van der Waals surface area contributed by atoms with Crippen molar-refractivity contribution in [2.24, 2.45) is 23.7 Å². The number of carbonyl (C=O) groups excluding carboxylic acids is 3. The maximum absolute atomic E-state index is 13.4. The van der Waals surface area contributed by atoms with Gasteiger partial charge < -0.3 is 15.2 Å². The van der Waals surface area contributed by atoms with Crippen LogP contribution in [0.5, 0.6) is 0 Å². The van der Waals surface area contributed by atoms with Crippen molar-refractivity contribution < 1.29 is 24.2 Å². The predicted molar refractivity (Wildman–Crippen MR) is 113 cm³/mol. The summed E-state index contributed by atoms with van der Waals surface area (Å²) in [7, 11) is 0. The monoisotopic (exact) mass is 417 g/mol. The first-order valence-corrected chi connectivity index (χ1v) is 11.2. The van der Waals surface area contributed by atoms with E-state index >= 15 is 0 Å². The highest BCUT2D eigenvalue weighted by atomic mass is 16.6. The molecule has 0 radical (unpaired) electrons. The van der Waals surface area contributed by atoms with E-state index in [9.17, 15) is 19.5 Å². The lowest BCUT2D eigenvalue weighted by atomic mass is 9.63. The zero-order valence-electron chi connectivity index (χ0n) is 18.7. The molecule has 6 unspecified atom stereocenters. The Labute approximate surface area is 179 Å². The van der Waals surface area contributed by atoms with E-state index in [1.54, 1.807) is 0 Å². The van der Waals surface area contributed by atoms with Crippen molar-refractivity contribution >= 4 is 17.7 Å². The molecule has 0 aromatic heterocycles. The number of allylic oxidation sites excluding steroid dienone is 2. The highest BCUT2D eigenvalue weighted by Gasteiger charge is 2.64. The van der Waals surface area contributed by atoms with Crippen molar-refractivity contribution in [2.45, 2.75) is 84.5 Å². The van der Waals surface area contributed by atoms with Gasteiger partial charge in [-0.2, -0.15) is 0 Å². The molecule has 3 aliphatic rings. The standard InChI is InChI=1S/C24H35NO5/c1-13(2)10-18-22-16(5)15(4)12-17-11-14(3)6-7-19(26)20(27)8-9-21(28)30-24(17,22)23(29)25-18/h11-13,16-18,20,22,27H,6-10H2,1-5H3,(H,25,29)/b14-11+. The number of nitrogens with one attached hydrogen (secondary N) is 1. The van der Waals surface area contributed by atoms with Gasteiger partial charge in [-0.15, -0.1) is 0 Å². The van der Waals surface area contributed by atoms with E-state index in [0.717, 1.165) is 12.0 Å². The molecular weight excluding hydrogens is 382 g/mol. The number of esters is 1. The summed E-state index contributed by atoms with van der Waals surface area (Å²) >= 11 is 0.